The molecule has 106 valence electrons. The summed E-state index contributed by atoms with van der Waals surface area (Å²) in [4.78, 5) is 0.538. The first-order chi connectivity index (χ1) is 8.90. The van der Waals surface area contributed by atoms with Crippen LogP contribution in [0.2, 0.25) is 0 Å². The fraction of sp³-hybridized carbons (Fsp3) is 0.667. The molecule has 1 heteroatoms. The quantitative estimate of drug-likeness (QED) is 0.440. The Hall–Kier alpha value is -0.300. The molecule has 2 atom stereocenters. The van der Waals surface area contributed by atoms with Gasteiger partial charge < -0.3 is 0 Å². The van der Waals surface area contributed by atoms with Gasteiger partial charge in [0.1, 0.15) is 0 Å². The van der Waals surface area contributed by atoms with Crippen molar-refractivity contribution in [2.75, 3.05) is 0 Å². The van der Waals surface area contributed by atoms with Gasteiger partial charge in [-0.2, -0.15) is 0 Å². The Morgan fingerprint density at radius 1 is 1.11 bits per heavy atom. The molecule has 0 fully saturated rings. The van der Waals surface area contributed by atoms with Gasteiger partial charge >= 0.3 is 0 Å². The van der Waals surface area contributed by atoms with E-state index in [2.05, 4.69) is 62.7 Å². The lowest BCUT2D eigenvalue weighted by atomic mass is 9.86. The molecule has 2 rings (SSSR count). The highest BCUT2D eigenvalue weighted by Gasteiger charge is 2.24. The summed E-state index contributed by atoms with van der Waals surface area (Å²) in [5.41, 5.74) is 6.28. The topological polar surface area (TPSA) is 0 Å². The molecule has 1 aromatic carbocycles. The normalized spacial score (nSPS) is 23.6. The highest BCUT2D eigenvalue weighted by molar-refractivity contribution is 9.09. The predicted molar refractivity (Wildman–Crippen MR) is 88.4 cm³/mol. The van der Waals surface area contributed by atoms with E-state index in [4.69, 9.17) is 0 Å². The summed E-state index contributed by atoms with van der Waals surface area (Å²) < 4.78 is 0. The number of hydrogen-bond donors (Lipinski definition) is 0. The van der Waals surface area contributed by atoms with Crippen molar-refractivity contribution < 1.29 is 0 Å². The minimum Gasteiger partial charge on any atom is -0.0839 e. The van der Waals surface area contributed by atoms with Crippen LogP contribution in [0, 0.1) is 5.92 Å². The van der Waals surface area contributed by atoms with E-state index in [9.17, 15) is 0 Å². The lowest BCUT2D eigenvalue weighted by Gasteiger charge is -2.21. The molecule has 0 saturated heterocycles. The molecule has 0 heterocycles. The van der Waals surface area contributed by atoms with Crippen molar-refractivity contribution in [1.82, 2.24) is 0 Å². The Balaban J connectivity index is 2.57. The van der Waals surface area contributed by atoms with Gasteiger partial charge in [-0.1, -0.05) is 62.7 Å². The molecule has 2 unspecified atom stereocenters. The van der Waals surface area contributed by atoms with Crippen LogP contribution in [0.25, 0.3) is 0 Å². The van der Waals surface area contributed by atoms with E-state index in [1.807, 2.05) is 0 Å². The largest absolute Gasteiger partial charge is 0.0839 e. The number of benzene rings is 1. The summed E-state index contributed by atoms with van der Waals surface area (Å²) in [6.07, 6.45) is 3.85. The third kappa shape index (κ3) is 3.24. The van der Waals surface area contributed by atoms with Crippen LogP contribution in [0.5, 0.6) is 0 Å². The molecular weight excluding hydrogens is 296 g/mol. The maximum absolute atomic E-state index is 3.94. The molecule has 19 heavy (non-hydrogen) atoms. The van der Waals surface area contributed by atoms with Crippen LogP contribution in [-0.2, 0) is 6.42 Å². The highest BCUT2D eigenvalue weighted by atomic mass is 79.9. The van der Waals surface area contributed by atoms with Crippen LogP contribution >= 0.6 is 15.9 Å². The molecule has 0 spiro atoms. The average molecular weight is 323 g/mol. The van der Waals surface area contributed by atoms with Gasteiger partial charge in [-0.25, -0.2) is 0 Å². The minimum atomic E-state index is 0.538. The molecule has 0 amide bonds. The summed E-state index contributed by atoms with van der Waals surface area (Å²) in [7, 11) is 0. The second-order valence-electron chi connectivity index (χ2n) is 6.83. The summed E-state index contributed by atoms with van der Waals surface area (Å²) in [5, 5.41) is 0. The van der Waals surface area contributed by atoms with Gasteiger partial charge in [0.2, 0.25) is 0 Å². The van der Waals surface area contributed by atoms with Crippen LogP contribution in [0.1, 0.15) is 86.4 Å². The fourth-order valence-corrected chi connectivity index (χ4v) is 4.19. The van der Waals surface area contributed by atoms with Crippen molar-refractivity contribution in [2.45, 2.75) is 70.5 Å². The van der Waals surface area contributed by atoms with Crippen molar-refractivity contribution in [3.63, 3.8) is 0 Å². The SMILES string of the molecule is CC1CCc2c(C(C)C)cc(C(C)C)cc2C(Br)C1. The molecule has 0 nitrogen and oxygen atoms in total. The second-order valence-corrected chi connectivity index (χ2v) is 7.94. The third-order valence-corrected chi connectivity index (χ3v) is 5.33. The first-order valence-corrected chi connectivity index (χ1v) is 8.62. The number of halogens is 1. The van der Waals surface area contributed by atoms with Crippen LogP contribution in [-0.4, -0.2) is 0 Å². The minimum absolute atomic E-state index is 0.538. The molecule has 0 radical (unpaired) electrons. The summed E-state index contributed by atoms with van der Waals surface area (Å²) >= 11 is 3.94. The standard InChI is InChI=1S/C18H27Br/c1-11(2)14-9-16(12(3)4)15-7-6-13(5)8-18(19)17(15)10-14/h9-13,18H,6-8H2,1-5H3. The zero-order valence-corrected chi connectivity index (χ0v) is 14.5. The monoisotopic (exact) mass is 322 g/mol. The number of fused-ring (bicyclic) bond motifs is 1. The van der Waals surface area contributed by atoms with Crippen molar-refractivity contribution in [1.29, 1.82) is 0 Å². The Kier molecular flexibility index (Phi) is 4.76. The van der Waals surface area contributed by atoms with Crippen LogP contribution in [0.15, 0.2) is 12.1 Å². The maximum atomic E-state index is 3.94. The van der Waals surface area contributed by atoms with Crippen molar-refractivity contribution in [2.24, 2.45) is 5.92 Å². The maximum Gasteiger partial charge on any atom is 0.0400 e. The Bertz CT molecular complexity index is 445. The zero-order chi connectivity index (χ0) is 14.2. The molecule has 1 aliphatic rings. The number of rotatable bonds is 2. The first-order valence-electron chi connectivity index (χ1n) is 7.70. The lowest BCUT2D eigenvalue weighted by Crippen LogP contribution is -2.04. The lowest BCUT2D eigenvalue weighted by molar-refractivity contribution is 0.508. The van der Waals surface area contributed by atoms with Gasteiger partial charge in [-0.15, -0.1) is 0 Å². The molecular formula is C18H27Br. The van der Waals surface area contributed by atoms with Gasteiger partial charge in [0.05, 0.1) is 0 Å². The number of alkyl halides is 1. The van der Waals surface area contributed by atoms with Gasteiger partial charge in [0, 0.05) is 4.83 Å². The van der Waals surface area contributed by atoms with Crippen molar-refractivity contribution in [3.8, 4) is 0 Å². The zero-order valence-electron chi connectivity index (χ0n) is 13.0. The molecule has 1 aliphatic carbocycles. The van der Waals surface area contributed by atoms with Crippen LogP contribution in [0.3, 0.4) is 0 Å². The summed E-state index contributed by atoms with van der Waals surface area (Å²) in [6.45, 7) is 11.6. The molecule has 0 aromatic heterocycles. The first kappa shape index (κ1) is 15.1. The van der Waals surface area contributed by atoms with E-state index in [1.54, 1.807) is 16.7 Å². The third-order valence-electron chi connectivity index (χ3n) is 4.46. The second kappa shape index (κ2) is 5.99. The summed E-state index contributed by atoms with van der Waals surface area (Å²) in [6, 6.07) is 4.92. The van der Waals surface area contributed by atoms with Gasteiger partial charge in [0.25, 0.3) is 0 Å². The van der Waals surface area contributed by atoms with E-state index in [1.165, 1.54) is 24.8 Å². The van der Waals surface area contributed by atoms with Gasteiger partial charge in [0.15, 0.2) is 0 Å². The smallest absolute Gasteiger partial charge is 0.0400 e. The molecule has 0 N–H and O–H groups in total. The Morgan fingerprint density at radius 3 is 2.37 bits per heavy atom. The van der Waals surface area contributed by atoms with E-state index in [0.29, 0.717) is 16.7 Å². The van der Waals surface area contributed by atoms with E-state index in [-0.39, 0.29) is 0 Å². The van der Waals surface area contributed by atoms with E-state index < -0.39 is 0 Å². The van der Waals surface area contributed by atoms with Crippen molar-refractivity contribution >= 4 is 15.9 Å². The van der Waals surface area contributed by atoms with Gasteiger partial charge in [-0.05, 0) is 59.3 Å². The summed E-state index contributed by atoms with van der Waals surface area (Å²) in [5.74, 6) is 2.06. The van der Waals surface area contributed by atoms with Crippen LogP contribution < -0.4 is 0 Å². The van der Waals surface area contributed by atoms with E-state index >= 15 is 0 Å². The highest BCUT2D eigenvalue weighted by Crippen LogP contribution is 2.41. The van der Waals surface area contributed by atoms with Crippen molar-refractivity contribution in [3.05, 3.63) is 34.4 Å². The molecule has 0 aliphatic heterocycles. The number of hydrogen-bond acceptors (Lipinski definition) is 0. The Labute approximate surface area is 127 Å². The van der Waals surface area contributed by atoms with Gasteiger partial charge in [-0.3, -0.25) is 0 Å². The predicted octanol–water partition coefficient (Wildman–Crippen LogP) is 6.34. The Morgan fingerprint density at radius 2 is 1.79 bits per heavy atom. The van der Waals surface area contributed by atoms with E-state index in [0.717, 1.165) is 5.92 Å². The molecule has 1 aromatic rings. The molecule has 0 bridgehead atoms. The van der Waals surface area contributed by atoms with Crippen LogP contribution in [0.4, 0.5) is 0 Å². The fourth-order valence-electron chi connectivity index (χ4n) is 3.15. The molecule has 0 saturated carbocycles. The average Bonchev–Trinajstić information content (AvgIpc) is 2.47.